The lowest BCUT2D eigenvalue weighted by Crippen LogP contribution is -2.38. The number of benzene rings is 2. The molecule has 7 nitrogen and oxygen atoms in total. The molecule has 0 bridgehead atoms. The van der Waals surface area contributed by atoms with Crippen molar-refractivity contribution < 1.29 is 19.5 Å². The van der Waals surface area contributed by atoms with E-state index >= 15 is 0 Å². The molecule has 0 radical (unpaired) electrons. The Morgan fingerprint density at radius 3 is 2.00 bits per heavy atom. The Hall–Kier alpha value is -3.35. The first-order chi connectivity index (χ1) is 17.9. The van der Waals surface area contributed by atoms with Crippen molar-refractivity contribution in [2.75, 3.05) is 11.9 Å². The molecule has 0 aliphatic heterocycles. The summed E-state index contributed by atoms with van der Waals surface area (Å²) in [6.45, 7) is 11.2. The Labute approximate surface area is 226 Å². The number of carbonyl (C=O) groups excluding carboxylic acids is 2. The highest BCUT2D eigenvalue weighted by Gasteiger charge is 2.34. The van der Waals surface area contributed by atoms with Crippen LogP contribution in [0.3, 0.4) is 0 Å². The maximum absolute atomic E-state index is 13.1. The van der Waals surface area contributed by atoms with Crippen molar-refractivity contribution >= 4 is 23.6 Å². The van der Waals surface area contributed by atoms with E-state index in [-0.39, 0.29) is 42.3 Å². The Morgan fingerprint density at radius 2 is 1.47 bits per heavy atom. The van der Waals surface area contributed by atoms with Crippen LogP contribution in [-0.4, -0.2) is 29.6 Å². The van der Waals surface area contributed by atoms with Gasteiger partial charge in [0.05, 0.1) is 12.5 Å². The lowest BCUT2D eigenvalue weighted by molar-refractivity contribution is -0.136. The number of carboxylic acid groups (broad SMARTS) is 1. The van der Waals surface area contributed by atoms with Gasteiger partial charge in [-0.1, -0.05) is 58.9 Å². The molecule has 1 aliphatic carbocycles. The lowest BCUT2D eigenvalue weighted by atomic mass is 9.68. The average molecular weight is 522 g/mol. The highest BCUT2D eigenvalue weighted by molar-refractivity contribution is 5.94. The summed E-state index contributed by atoms with van der Waals surface area (Å²) in [4.78, 5) is 36.2. The van der Waals surface area contributed by atoms with E-state index in [2.05, 4.69) is 50.6 Å². The van der Waals surface area contributed by atoms with E-state index in [4.69, 9.17) is 5.11 Å². The maximum atomic E-state index is 13.1. The van der Waals surface area contributed by atoms with E-state index in [1.54, 1.807) is 12.1 Å². The van der Waals surface area contributed by atoms with Crippen LogP contribution in [0.25, 0.3) is 0 Å². The molecule has 0 heterocycles. The van der Waals surface area contributed by atoms with Crippen LogP contribution in [-0.2, 0) is 4.79 Å². The van der Waals surface area contributed by atoms with Gasteiger partial charge in [-0.15, -0.1) is 0 Å². The number of carbonyl (C=O) groups is 3. The first-order valence-corrected chi connectivity index (χ1v) is 13.7. The zero-order chi connectivity index (χ0) is 27.9. The Kier molecular flexibility index (Phi) is 9.95. The fourth-order valence-electron chi connectivity index (χ4n) is 5.28. The zero-order valence-electron chi connectivity index (χ0n) is 23.3. The second kappa shape index (κ2) is 12.9. The number of urea groups is 1. The molecule has 1 fully saturated rings. The van der Waals surface area contributed by atoms with Crippen LogP contribution in [0.5, 0.6) is 0 Å². The summed E-state index contributed by atoms with van der Waals surface area (Å²) in [6, 6.07) is 14.8. The number of anilines is 1. The van der Waals surface area contributed by atoms with E-state index in [1.165, 1.54) is 5.56 Å². The maximum Gasteiger partial charge on any atom is 0.319 e. The molecular weight excluding hydrogens is 478 g/mol. The average Bonchev–Trinajstić information content (AvgIpc) is 2.87. The van der Waals surface area contributed by atoms with E-state index in [1.807, 2.05) is 36.4 Å². The van der Waals surface area contributed by atoms with Crippen LogP contribution >= 0.6 is 0 Å². The number of amides is 3. The van der Waals surface area contributed by atoms with Crippen LogP contribution < -0.4 is 16.0 Å². The molecule has 1 unspecified atom stereocenters. The molecule has 0 spiro atoms. The Bertz CT molecular complexity index is 1080. The van der Waals surface area contributed by atoms with Gasteiger partial charge in [0.25, 0.3) is 5.91 Å². The predicted molar refractivity (Wildman–Crippen MR) is 151 cm³/mol. The van der Waals surface area contributed by atoms with Crippen LogP contribution in [0.15, 0.2) is 48.5 Å². The van der Waals surface area contributed by atoms with E-state index < -0.39 is 5.97 Å². The van der Waals surface area contributed by atoms with Crippen molar-refractivity contribution in [1.29, 1.82) is 0 Å². The molecule has 206 valence electrons. The second-order valence-corrected chi connectivity index (χ2v) is 11.9. The Morgan fingerprint density at radius 1 is 0.895 bits per heavy atom. The van der Waals surface area contributed by atoms with Gasteiger partial charge in [0.15, 0.2) is 0 Å². The largest absolute Gasteiger partial charge is 0.481 e. The first kappa shape index (κ1) is 29.2. The lowest BCUT2D eigenvalue weighted by Gasteiger charge is -2.39. The number of aliphatic carboxylic acids is 1. The van der Waals surface area contributed by atoms with Gasteiger partial charge in [-0.05, 0) is 84.2 Å². The van der Waals surface area contributed by atoms with Crippen LogP contribution in [0.4, 0.5) is 10.5 Å². The smallest absolute Gasteiger partial charge is 0.319 e. The zero-order valence-corrected chi connectivity index (χ0v) is 23.3. The summed E-state index contributed by atoms with van der Waals surface area (Å²) in [5.41, 5.74) is 3.65. The summed E-state index contributed by atoms with van der Waals surface area (Å²) in [7, 11) is 0. The third kappa shape index (κ3) is 8.33. The molecule has 2 aromatic carbocycles. The molecule has 4 N–H and O–H groups in total. The number of hydrogen-bond acceptors (Lipinski definition) is 3. The summed E-state index contributed by atoms with van der Waals surface area (Å²) < 4.78 is 0. The minimum atomic E-state index is -0.954. The van der Waals surface area contributed by atoms with Gasteiger partial charge in [-0.3, -0.25) is 9.59 Å². The molecule has 7 heteroatoms. The molecular formula is C31H43N3O4. The van der Waals surface area contributed by atoms with Crippen LogP contribution in [0.1, 0.15) is 100 Å². The van der Waals surface area contributed by atoms with Crippen molar-refractivity contribution in [2.45, 2.75) is 78.7 Å². The number of hydrogen-bond donors (Lipinski definition) is 4. The van der Waals surface area contributed by atoms with E-state index in [0.717, 1.165) is 36.9 Å². The van der Waals surface area contributed by atoms with Crippen molar-refractivity contribution in [3.63, 3.8) is 0 Å². The van der Waals surface area contributed by atoms with Crippen molar-refractivity contribution in [3.05, 3.63) is 65.2 Å². The number of carboxylic acids is 1. The van der Waals surface area contributed by atoms with Crippen molar-refractivity contribution in [3.8, 4) is 0 Å². The monoisotopic (exact) mass is 521 g/mol. The first-order valence-electron chi connectivity index (χ1n) is 13.7. The standard InChI is InChI=1S/C31H43N3O4/c1-20(2)21-12-16-26(17-13-21)33-30(38)34-28(23-10-14-25(15-11-23)31(3,4)5)22-6-8-24(9-7-22)29(37)32-19-18-27(35)36/h6-9,12-13,16-17,20,23,25,28H,10-11,14-15,18-19H2,1-5H3,(H,32,37)(H,35,36)(H2,33,34,38). The molecule has 1 atom stereocenters. The van der Waals surface area contributed by atoms with Gasteiger partial charge in [0.1, 0.15) is 0 Å². The molecule has 0 aromatic heterocycles. The van der Waals surface area contributed by atoms with Gasteiger partial charge in [-0.25, -0.2) is 4.79 Å². The number of rotatable bonds is 9. The van der Waals surface area contributed by atoms with Gasteiger partial charge in [0.2, 0.25) is 0 Å². The molecule has 2 aromatic rings. The third-order valence-electron chi connectivity index (χ3n) is 7.75. The molecule has 0 saturated heterocycles. The molecule has 3 rings (SSSR count). The summed E-state index contributed by atoms with van der Waals surface area (Å²) in [5, 5.41) is 17.6. The SMILES string of the molecule is CC(C)c1ccc(NC(=O)NC(c2ccc(C(=O)NCCC(=O)O)cc2)C2CCC(C(C)(C)C)CC2)cc1. The normalized spacial score (nSPS) is 18.5. The predicted octanol–water partition coefficient (Wildman–Crippen LogP) is 6.73. The van der Waals surface area contributed by atoms with Crippen molar-refractivity contribution in [2.24, 2.45) is 17.3 Å². The van der Waals surface area contributed by atoms with Gasteiger partial charge in [-0.2, -0.15) is 0 Å². The van der Waals surface area contributed by atoms with Gasteiger partial charge >= 0.3 is 12.0 Å². The van der Waals surface area contributed by atoms with Gasteiger partial charge < -0.3 is 21.1 Å². The number of nitrogens with one attached hydrogen (secondary N) is 3. The molecule has 38 heavy (non-hydrogen) atoms. The van der Waals surface area contributed by atoms with Gasteiger partial charge in [0, 0.05) is 17.8 Å². The Balaban J connectivity index is 1.73. The highest BCUT2D eigenvalue weighted by Crippen LogP contribution is 2.43. The minimum absolute atomic E-state index is 0.0788. The molecule has 1 aliphatic rings. The van der Waals surface area contributed by atoms with Crippen LogP contribution in [0, 0.1) is 17.3 Å². The second-order valence-electron chi connectivity index (χ2n) is 11.9. The third-order valence-corrected chi connectivity index (χ3v) is 7.75. The fraction of sp³-hybridized carbons (Fsp3) is 0.516. The van der Waals surface area contributed by atoms with Crippen molar-refractivity contribution in [1.82, 2.24) is 10.6 Å². The van der Waals surface area contributed by atoms with E-state index in [9.17, 15) is 14.4 Å². The molecule has 3 amide bonds. The quantitative estimate of drug-likeness (QED) is 0.293. The van der Waals surface area contributed by atoms with Crippen LogP contribution in [0.2, 0.25) is 0 Å². The minimum Gasteiger partial charge on any atom is -0.481 e. The topological polar surface area (TPSA) is 108 Å². The summed E-state index contributed by atoms with van der Waals surface area (Å²) >= 11 is 0. The molecule has 1 saturated carbocycles. The summed E-state index contributed by atoms with van der Waals surface area (Å²) in [6.07, 6.45) is 4.16. The summed E-state index contributed by atoms with van der Waals surface area (Å²) in [5.74, 6) is 0.107. The van der Waals surface area contributed by atoms with E-state index in [0.29, 0.717) is 17.4 Å². The fourth-order valence-corrected chi connectivity index (χ4v) is 5.28. The highest BCUT2D eigenvalue weighted by atomic mass is 16.4.